The lowest BCUT2D eigenvalue weighted by Crippen LogP contribution is -2.15. The fourth-order valence-electron chi connectivity index (χ4n) is 2.82. The first-order valence-corrected chi connectivity index (χ1v) is 8.29. The molecule has 126 valence electrons. The number of hydrogen-bond donors (Lipinski definition) is 1. The zero-order chi connectivity index (χ0) is 17.8. The smallest absolute Gasteiger partial charge is 0.228 e. The number of carbonyl (C=O) groups is 1. The second kappa shape index (κ2) is 7.11. The molecule has 0 radical (unpaired) electrons. The van der Waals surface area contributed by atoms with E-state index >= 15 is 0 Å². The van der Waals surface area contributed by atoms with Gasteiger partial charge in [0.1, 0.15) is 0 Å². The number of hydrogen-bond acceptors (Lipinski definition) is 4. The van der Waals surface area contributed by atoms with Crippen LogP contribution in [0, 0.1) is 0 Å². The van der Waals surface area contributed by atoms with Crippen LogP contribution in [-0.4, -0.2) is 20.9 Å². The van der Waals surface area contributed by atoms with Crippen molar-refractivity contribution in [3.05, 3.63) is 84.8 Å². The predicted octanol–water partition coefficient (Wildman–Crippen LogP) is 3.87. The number of fused-ring (bicyclic) bond motifs is 1. The quantitative estimate of drug-likeness (QED) is 0.612. The van der Waals surface area contributed by atoms with Crippen LogP contribution in [0.25, 0.3) is 22.3 Å². The zero-order valence-electron chi connectivity index (χ0n) is 14.0. The molecule has 0 saturated heterocycles. The summed E-state index contributed by atoms with van der Waals surface area (Å²) in [4.78, 5) is 25.4. The van der Waals surface area contributed by atoms with Crippen molar-refractivity contribution in [2.75, 3.05) is 5.32 Å². The highest BCUT2D eigenvalue weighted by Gasteiger charge is 2.09. The minimum Gasteiger partial charge on any atom is -0.323 e. The van der Waals surface area contributed by atoms with Crippen LogP contribution in [0.4, 0.5) is 5.69 Å². The van der Waals surface area contributed by atoms with Gasteiger partial charge in [0.2, 0.25) is 5.91 Å². The maximum Gasteiger partial charge on any atom is 0.228 e. The van der Waals surface area contributed by atoms with E-state index in [-0.39, 0.29) is 12.3 Å². The highest BCUT2D eigenvalue weighted by molar-refractivity contribution is 5.95. The van der Waals surface area contributed by atoms with E-state index in [1.165, 1.54) is 0 Å². The van der Waals surface area contributed by atoms with E-state index in [9.17, 15) is 4.79 Å². The van der Waals surface area contributed by atoms with Gasteiger partial charge in [0.25, 0.3) is 0 Å². The molecule has 0 aliphatic heterocycles. The number of pyridine rings is 1. The first-order valence-electron chi connectivity index (χ1n) is 8.29. The average molecular weight is 340 g/mol. The molecule has 2 heterocycles. The van der Waals surface area contributed by atoms with Crippen molar-refractivity contribution in [2.45, 2.75) is 6.42 Å². The van der Waals surface area contributed by atoms with E-state index in [1.54, 1.807) is 18.6 Å². The number of nitrogens with one attached hydrogen (secondary N) is 1. The lowest BCUT2D eigenvalue weighted by Gasteiger charge is -2.07. The summed E-state index contributed by atoms with van der Waals surface area (Å²) < 4.78 is 0. The lowest BCUT2D eigenvalue weighted by molar-refractivity contribution is -0.115. The van der Waals surface area contributed by atoms with E-state index in [0.29, 0.717) is 11.5 Å². The van der Waals surface area contributed by atoms with Crippen molar-refractivity contribution < 1.29 is 4.79 Å². The van der Waals surface area contributed by atoms with Gasteiger partial charge in [-0.25, -0.2) is 9.97 Å². The molecule has 0 unspecified atom stereocenters. The molecule has 0 aliphatic carbocycles. The summed E-state index contributed by atoms with van der Waals surface area (Å²) in [6.07, 6.45) is 5.22. The number of benzene rings is 2. The van der Waals surface area contributed by atoms with Gasteiger partial charge in [-0.05, 0) is 11.6 Å². The fraction of sp³-hybridized carbons (Fsp3) is 0.0476. The SMILES string of the molecule is O=C(Cc1cccc2cccnc12)Nc1cnc(-c2ccccc2)nc1. The van der Waals surface area contributed by atoms with Gasteiger partial charge in [0, 0.05) is 17.1 Å². The van der Waals surface area contributed by atoms with Crippen LogP contribution in [0.5, 0.6) is 0 Å². The van der Waals surface area contributed by atoms with E-state index < -0.39 is 0 Å². The minimum absolute atomic E-state index is 0.126. The molecule has 0 spiro atoms. The van der Waals surface area contributed by atoms with Gasteiger partial charge in [-0.2, -0.15) is 0 Å². The monoisotopic (exact) mass is 340 g/mol. The molecule has 4 rings (SSSR count). The third-order valence-corrected chi connectivity index (χ3v) is 4.03. The van der Waals surface area contributed by atoms with Gasteiger partial charge in [0.05, 0.1) is 30.0 Å². The number of anilines is 1. The van der Waals surface area contributed by atoms with Crippen molar-refractivity contribution in [1.29, 1.82) is 0 Å². The Bertz CT molecular complexity index is 1040. The van der Waals surface area contributed by atoms with Crippen molar-refractivity contribution in [1.82, 2.24) is 15.0 Å². The summed E-state index contributed by atoms with van der Waals surface area (Å²) in [6, 6.07) is 19.4. The first-order chi connectivity index (χ1) is 12.8. The highest BCUT2D eigenvalue weighted by atomic mass is 16.1. The average Bonchev–Trinajstić information content (AvgIpc) is 2.69. The molecule has 0 fully saturated rings. The summed E-state index contributed by atoms with van der Waals surface area (Å²) in [7, 11) is 0. The zero-order valence-corrected chi connectivity index (χ0v) is 14.0. The Labute approximate surface area is 150 Å². The number of carbonyl (C=O) groups excluding carboxylic acids is 1. The van der Waals surface area contributed by atoms with Crippen LogP contribution in [0.15, 0.2) is 79.3 Å². The highest BCUT2D eigenvalue weighted by Crippen LogP contribution is 2.18. The van der Waals surface area contributed by atoms with Gasteiger partial charge in [-0.15, -0.1) is 0 Å². The molecule has 5 heteroatoms. The Balaban J connectivity index is 1.48. The Morgan fingerprint density at radius 2 is 1.62 bits per heavy atom. The van der Waals surface area contributed by atoms with Crippen LogP contribution in [-0.2, 0) is 11.2 Å². The first kappa shape index (κ1) is 15.9. The topological polar surface area (TPSA) is 67.8 Å². The summed E-state index contributed by atoms with van der Waals surface area (Å²) in [6.45, 7) is 0. The van der Waals surface area contributed by atoms with Crippen molar-refractivity contribution >= 4 is 22.5 Å². The van der Waals surface area contributed by atoms with Crippen molar-refractivity contribution in [3.63, 3.8) is 0 Å². The standard InChI is InChI=1S/C21H16N4O/c26-19(12-17-9-4-8-15-10-5-11-22-20(15)17)25-18-13-23-21(24-14-18)16-6-2-1-3-7-16/h1-11,13-14H,12H2,(H,25,26). The molecule has 1 amide bonds. The normalized spacial score (nSPS) is 10.6. The van der Waals surface area contributed by atoms with Crippen molar-refractivity contribution in [2.24, 2.45) is 0 Å². The molecular weight excluding hydrogens is 324 g/mol. The molecule has 0 atom stereocenters. The molecule has 0 saturated carbocycles. The van der Waals surface area contributed by atoms with Crippen LogP contribution in [0.1, 0.15) is 5.56 Å². The van der Waals surface area contributed by atoms with Gasteiger partial charge in [-0.3, -0.25) is 9.78 Å². The van der Waals surface area contributed by atoms with Crippen LogP contribution < -0.4 is 5.32 Å². The summed E-state index contributed by atoms with van der Waals surface area (Å²) >= 11 is 0. The second-order valence-electron chi connectivity index (χ2n) is 5.88. The van der Waals surface area contributed by atoms with Gasteiger partial charge >= 0.3 is 0 Å². The van der Waals surface area contributed by atoms with Crippen molar-refractivity contribution in [3.8, 4) is 11.4 Å². The van der Waals surface area contributed by atoms with Gasteiger partial charge in [0.15, 0.2) is 5.82 Å². The van der Waals surface area contributed by atoms with E-state index in [0.717, 1.165) is 22.0 Å². The molecular formula is C21H16N4O. The summed E-state index contributed by atoms with van der Waals surface area (Å²) in [5, 5.41) is 3.86. The number of rotatable bonds is 4. The summed E-state index contributed by atoms with van der Waals surface area (Å²) in [5.41, 5.74) is 3.25. The molecule has 0 bridgehead atoms. The molecule has 0 aliphatic rings. The number of aromatic nitrogens is 3. The van der Waals surface area contributed by atoms with E-state index in [4.69, 9.17) is 0 Å². The van der Waals surface area contributed by atoms with Gasteiger partial charge in [-0.1, -0.05) is 54.6 Å². The Morgan fingerprint density at radius 3 is 2.42 bits per heavy atom. The maximum atomic E-state index is 12.4. The number of para-hydroxylation sites is 1. The van der Waals surface area contributed by atoms with Crippen LogP contribution in [0.3, 0.4) is 0 Å². The minimum atomic E-state index is -0.126. The molecule has 1 N–H and O–H groups in total. The molecule has 26 heavy (non-hydrogen) atoms. The second-order valence-corrected chi connectivity index (χ2v) is 5.88. The predicted molar refractivity (Wildman–Crippen MR) is 102 cm³/mol. The number of amides is 1. The Kier molecular flexibility index (Phi) is 4.35. The van der Waals surface area contributed by atoms with E-state index in [2.05, 4.69) is 20.3 Å². The lowest BCUT2D eigenvalue weighted by atomic mass is 10.1. The molecule has 5 nitrogen and oxygen atoms in total. The largest absolute Gasteiger partial charge is 0.323 e. The Hall–Kier alpha value is -3.60. The number of nitrogens with zero attached hydrogens (tertiary/aromatic N) is 3. The maximum absolute atomic E-state index is 12.4. The van der Waals surface area contributed by atoms with Crippen LogP contribution in [0.2, 0.25) is 0 Å². The molecule has 2 aromatic heterocycles. The molecule has 4 aromatic rings. The third kappa shape index (κ3) is 3.42. The third-order valence-electron chi connectivity index (χ3n) is 4.03. The fourth-order valence-corrected chi connectivity index (χ4v) is 2.82. The molecule has 2 aromatic carbocycles. The Morgan fingerprint density at radius 1 is 0.846 bits per heavy atom. The van der Waals surface area contributed by atoms with Gasteiger partial charge < -0.3 is 5.32 Å². The van der Waals surface area contributed by atoms with E-state index in [1.807, 2.05) is 60.7 Å². The summed E-state index contributed by atoms with van der Waals surface area (Å²) in [5.74, 6) is 0.501. The van der Waals surface area contributed by atoms with Crippen LogP contribution >= 0.6 is 0 Å².